The van der Waals surface area contributed by atoms with Crippen molar-refractivity contribution in [2.45, 2.75) is 45.5 Å². The van der Waals surface area contributed by atoms with Crippen LogP contribution in [0, 0.1) is 0 Å². The fourth-order valence-corrected chi connectivity index (χ4v) is 4.16. The summed E-state index contributed by atoms with van der Waals surface area (Å²) >= 11 is 0. The third-order valence-corrected chi connectivity index (χ3v) is 6.98. The molecule has 0 spiro atoms. The lowest BCUT2D eigenvalue weighted by molar-refractivity contribution is -0.160. The number of carbonyl (C=O) groups excluding carboxylic acids is 1. The van der Waals surface area contributed by atoms with Gasteiger partial charge in [0.2, 0.25) is 16.0 Å². The molecule has 1 aromatic heterocycles. The summed E-state index contributed by atoms with van der Waals surface area (Å²) < 4.78 is 82.0. The van der Waals surface area contributed by atoms with E-state index >= 15 is 0 Å². The van der Waals surface area contributed by atoms with Gasteiger partial charge in [-0.3, -0.25) is 4.31 Å². The minimum absolute atomic E-state index is 0.0525. The first-order chi connectivity index (χ1) is 20.5. The van der Waals surface area contributed by atoms with Gasteiger partial charge in [-0.2, -0.15) is 18.2 Å². The molecule has 0 amide bonds. The van der Waals surface area contributed by atoms with Crippen LogP contribution in [0.3, 0.4) is 0 Å². The number of ether oxygens (including phenoxy) is 3. The number of carbonyl (C=O) groups is 1. The van der Waals surface area contributed by atoms with Gasteiger partial charge in [0.25, 0.3) is 0 Å². The van der Waals surface area contributed by atoms with Gasteiger partial charge in [0.15, 0.2) is 0 Å². The molecule has 0 saturated heterocycles. The van der Waals surface area contributed by atoms with Crippen molar-refractivity contribution in [3.63, 3.8) is 0 Å². The topological polar surface area (TPSA) is 132 Å². The highest BCUT2D eigenvalue weighted by Crippen LogP contribution is 2.34. The minimum atomic E-state index is -4.71. The number of benzene rings is 2. The van der Waals surface area contributed by atoms with Crippen molar-refractivity contribution in [1.82, 2.24) is 9.97 Å². The Balaban J connectivity index is 1.57. The molecule has 0 aliphatic rings. The van der Waals surface area contributed by atoms with E-state index in [0.29, 0.717) is 48.5 Å². The summed E-state index contributed by atoms with van der Waals surface area (Å²) in [5, 5.41) is 5.57. The summed E-state index contributed by atoms with van der Waals surface area (Å²) in [7, 11) is -2.13. The van der Waals surface area contributed by atoms with Crippen molar-refractivity contribution >= 4 is 39.1 Å². The Morgan fingerprint density at radius 2 is 1.75 bits per heavy atom. The lowest BCUT2D eigenvalue weighted by Gasteiger charge is -2.19. The number of alkyl halides is 3. The molecule has 15 heteroatoms. The highest BCUT2D eigenvalue weighted by Gasteiger charge is 2.35. The van der Waals surface area contributed by atoms with Gasteiger partial charge in [0.1, 0.15) is 29.3 Å². The predicted molar refractivity (Wildman–Crippen MR) is 161 cm³/mol. The number of halogens is 3. The summed E-state index contributed by atoms with van der Waals surface area (Å²) in [5.41, 5.74) is -0.194. The van der Waals surface area contributed by atoms with Gasteiger partial charge in [-0.05, 0) is 62.7 Å². The van der Waals surface area contributed by atoms with E-state index in [2.05, 4.69) is 20.6 Å². The zero-order valence-electron chi connectivity index (χ0n) is 25.1. The second-order valence-electron chi connectivity index (χ2n) is 10.7. The van der Waals surface area contributed by atoms with Gasteiger partial charge in [0, 0.05) is 31.9 Å². The molecule has 1 heterocycles. The fourth-order valence-electron chi connectivity index (χ4n) is 3.66. The summed E-state index contributed by atoms with van der Waals surface area (Å²) in [5.74, 6) is -0.388. The van der Waals surface area contributed by atoms with Crippen LogP contribution >= 0.6 is 0 Å². The Morgan fingerprint density at radius 1 is 1.05 bits per heavy atom. The van der Waals surface area contributed by atoms with Crippen molar-refractivity contribution in [2.24, 2.45) is 0 Å². The lowest BCUT2D eigenvalue weighted by Crippen LogP contribution is -2.26. The number of nitrogens with zero attached hydrogens (tertiary/aromatic N) is 3. The first-order valence-corrected chi connectivity index (χ1v) is 15.4. The van der Waals surface area contributed by atoms with Gasteiger partial charge in [-0.1, -0.05) is 12.1 Å². The smallest absolute Gasteiger partial charge is 0.421 e. The highest BCUT2D eigenvalue weighted by atomic mass is 32.2. The van der Waals surface area contributed by atoms with Gasteiger partial charge in [-0.15, -0.1) is 0 Å². The SMILES string of the molecule is CN(c1cccc(CNc2nc(Nc3ccc(OCCCOCC(=O)OC(C)(C)C)cc3)ncc2C(F)(F)F)c1)S(C)(=O)=O. The standard InChI is InChI=1S/C29H36F3N5O6S/c1-28(2,3)43-25(38)19-41-14-7-15-42-23-12-10-21(11-13-23)35-27-34-18-24(29(30,31)32)26(36-27)33-17-20-8-6-9-22(16-20)37(4)44(5,39)40/h6,8-13,16,18H,7,14-15,17,19H2,1-5H3,(H2,33,34,35,36). The second-order valence-corrected chi connectivity index (χ2v) is 12.7. The molecule has 240 valence electrons. The van der Waals surface area contributed by atoms with E-state index < -0.39 is 39.2 Å². The molecule has 0 fully saturated rings. The number of esters is 1. The second kappa shape index (κ2) is 14.6. The Labute approximate surface area is 254 Å². The molecule has 0 atom stereocenters. The zero-order valence-corrected chi connectivity index (χ0v) is 25.9. The third kappa shape index (κ3) is 11.2. The van der Waals surface area contributed by atoms with Crippen LogP contribution in [0.1, 0.15) is 38.3 Å². The first kappa shape index (κ1) is 34.4. The molecule has 0 unspecified atom stereocenters. The van der Waals surface area contributed by atoms with Crippen LogP contribution in [0.5, 0.6) is 5.75 Å². The first-order valence-electron chi connectivity index (χ1n) is 13.5. The Morgan fingerprint density at radius 3 is 2.39 bits per heavy atom. The molecular weight excluding hydrogens is 603 g/mol. The van der Waals surface area contributed by atoms with Crippen LogP contribution in [-0.4, -0.2) is 63.1 Å². The molecule has 44 heavy (non-hydrogen) atoms. The maximum absolute atomic E-state index is 13.7. The predicted octanol–water partition coefficient (Wildman–Crippen LogP) is 5.37. The Hall–Kier alpha value is -4.11. The van der Waals surface area contributed by atoms with E-state index in [-0.39, 0.29) is 19.1 Å². The number of sulfonamides is 1. The van der Waals surface area contributed by atoms with Gasteiger partial charge in [-0.25, -0.2) is 18.2 Å². The van der Waals surface area contributed by atoms with Crippen LogP contribution in [0.4, 0.5) is 36.3 Å². The van der Waals surface area contributed by atoms with E-state index in [1.807, 2.05) is 0 Å². The fraction of sp³-hybridized carbons (Fsp3) is 0.414. The molecule has 0 aliphatic heterocycles. The van der Waals surface area contributed by atoms with E-state index in [0.717, 1.165) is 10.6 Å². The van der Waals surface area contributed by atoms with Gasteiger partial charge >= 0.3 is 12.1 Å². The van der Waals surface area contributed by atoms with Crippen LogP contribution < -0.4 is 19.7 Å². The van der Waals surface area contributed by atoms with Gasteiger partial charge in [0.05, 0.1) is 25.2 Å². The quantitative estimate of drug-likeness (QED) is 0.175. The van der Waals surface area contributed by atoms with E-state index in [9.17, 15) is 26.4 Å². The molecule has 3 aromatic rings. The summed E-state index contributed by atoms with van der Waals surface area (Å²) in [6.07, 6.45) is -2.43. The lowest BCUT2D eigenvalue weighted by atomic mass is 10.2. The maximum atomic E-state index is 13.7. The number of nitrogens with one attached hydrogen (secondary N) is 2. The molecule has 0 bridgehead atoms. The van der Waals surface area contributed by atoms with E-state index in [4.69, 9.17) is 14.2 Å². The van der Waals surface area contributed by atoms with Crippen LogP contribution in [0.2, 0.25) is 0 Å². The number of aromatic nitrogens is 2. The molecule has 0 radical (unpaired) electrons. The number of rotatable bonds is 14. The van der Waals surface area contributed by atoms with Crippen molar-refractivity contribution in [2.75, 3.05) is 48.1 Å². The summed E-state index contributed by atoms with van der Waals surface area (Å²) in [4.78, 5) is 19.5. The minimum Gasteiger partial charge on any atom is -0.494 e. The third-order valence-electron chi connectivity index (χ3n) is 5.78. The average Bonchev–Trinajstić information content (AvgIpc) is 2.92. The summed E-state index contributed by atoms with van der Waals surface area (Å²) in [6.45, 7) is 5.78. The highest BCUT2D eigenvalue weighted by molar-refractivity contribution is 7.92. The molecule has 3 rings (SSSR count). The van der Waals surface area contributed by atoms with Gasteiger partial charge < -0.3 is 24.8 Å². The molecule has 2 N–H and O–H groups in total. The average molecular weight is 640 g/mol. The zero-order chi connectivity index (χ0) is 32.5. The normalized spacial score (nSPS) is 12.0. The summed E-state index contributed by atoms with van der Waals surface area (Å²) in [6, 6.07) is 13.1. The van der Waals surface area contributed by atoms with Crippen molar-refractivity contribution in [3.05, 3.63) is 65.9 Å². The van der Waals surface area contributed by atoms with Crippen molar-refractivity contribution in [3.8, 4) is 5.75 Å². The largest absolute Gasteiger partial charge is 0.494 e. The number of hydrogen-bond donors (Lipinski definition) is 2. The van der Waals surface area contributed by atoms with Crippen molar-refractivity contribution < 1.29 is 40.6 Å². The molecule has 2 aromatic carbocycles. The van der Waals surface area contributed by atoms with Crippen LogP contribution in [0.25, 0.3) is 0 Å². The Bertz CT molecular complexity index is 1510. The van der Waals surface area contributed by atoms with Crippen LogP contribution in [0.15, 0.2) is 54.7 Å². The number of anilines is 4. The Kier molecular flexibility index (Phi) is 11.4. The maximum Gasteiger partial charge on any atom is 0.421 e. The molecular formula is C29H36F3N5O6S. The molecule has 0 saturated carbocycles. The molecule has 11 nitrogen and oxygen atoms in total. The van der Waals surface area contributed by atoms with E-state index in [1.54, 1.807) is 69.3 Å². The van der Waals surface area contributed by atoms with Crippen LogP contribution in [-0.2, 0) is 37.0 Å². The van der Waals surface area contributed by atoms with E-state index in [1.165, 1.54) is 7.05 Å². The molecule has 0 aliphatic carbocycles. The number of hydrogen-bond acceptors (Lipinski definition) is 10. The van der Waals surface area contributed by atoms with Crippen molar-refractivity contribution in [1.29, 1.82) is 0 Å². The monoisotopic (exact) mass is 639 g/mol.